The zero-order valence-corrected chi connectivity index (χ0v) is 13.3. The Balaban J connectivity index is 1.71. The van der Waals surface area contributed by atoms with Crippen molar-refractivity contribution in [1.29, 1.82) is 0 Å². The largest absolute Gasteiger partial charge is 0.336 e. The molecule has 0 unspecified atom stereocenters. The smallest absolute Gasteiger partial charge is 0.246 e. The maximum Gasteiger partial charge on any atom is 0.246 e. The lowest BCUT2D eigenvalue weighted by atomic mass is 9.97. The van der Waals surface area contributed by atoms with Crippen molar-refractivity contribution in [3.8, 4) is 11.4 Å². The Morgan fingerprint density at radius 2 is 1.87 bits per heavy atom. The van der Waals surface area contributed by atoms with E-state index >= 15 is 0 Å². The van der Waals surface area contributed by atoms with Crippen LogP contribution in [0.25, 0.3) is 11.4 Å². The molecular weight excluding hydrogens is 297 g/mol. The summed E-state index contributed by atoms with van der Waals surface area (Å²) < 4.78 is 12.9. The molecule has 2 heterocycles. The molecule has 7 heteroatoms. The van der Waals surface area contributed by atoms with Crippen molar-refractivity contribution in [2.45, 2.75) is 51.7 Å². The molecule has 2 aromatic rings. The van der Waals surface area contributed by atoms with Gasteiger partial charge < -0.3 is 4.90 Å². The van der Waals surface area contributed by atoms with E-state index in [1.807, 2.05) is 4.90 Å². The number of hydrogen-bond acceptors (Lipinski definition) is 4. The van der Waals surface area contributed by atoms with E-state index in [2.05, 4.69) is 29.3 Å². The molecular formula is C16H20FN5O. The van der Waals surface area contributed by atoms with Crippen molar-refractivity contribution in [2.75, 3.05) is 0 Å². The Hall–Kier alpha value is -2.31. The molecule has 3 rings (SSSR count). The van der Waals surface area contributed by atoms with Crippen LogP contribution in [-0.2, 0) is 11.3 Å². The van der Waals surface area contributed by atoms with Crippen LogP contribution < -0.4 is 0 Å². The van der Waals surface area contributed by atoms with Gasteiger partial charge in [0.25, 0.3) is 0 Å². The second kappa shape index (κ2) is 6.44. The second-order valence-corrected chi connectivity index (χ2v) is 6.08. The standard InChI is InChI=1S/C16H20FN5O/c1-11-4-3-5-12(2)22(11)15(23)10-21-19-16(18-20-21)13-6-8-14(17)9-7-13/h6-9,11-12H,3-5,10H2,1-2H3/t11-,12+. The topological polar surface area (TPSA) is 63.9 Å². The van der Waals surface area contributed by atoms with Gasteiger partial charge in [-0.05, 0) is 62.6 Å². The molecule has 122 valence electrons. The molecule has 1 aliphatic rings. The maximum absolute atomic E-state index is 12.9. The van der Waals surface area contributed by atoms with Gasteiger partial charge in [0.1, 0.15) is 12.4 Å². The van der Waals surface area contributed by atoms with Crippen LogP contribution in [0.15, 0.2) is 24.3 Å². The van der Waals surface area contributed by atoms with Crippen molar-refractivity contribution in [3.05, 3.63) is 30.1 Å². The van der Waals surface area contributed by atoms with Crippen LogP contribution in [0.2, 0.25) is 0 Å². The normalized spacial score (nSPS) is 21.4. The minimum Gasteiger partial charge on any atom is -0.336 e. The number of hydrogen-bond donors (Lipinski definition) is 0. The van der Waals surface area contributed by atoms with Crippen LogP contribution in [-0.4, -0.2) is 43.1 Å². The van der Waals surface area contributed by atoms with Crippen LogP contribution in [0.1, 0.15) is 33.1 Å². The van der Waals surface area contributed by atoms with Crippen molar-refractivity contribution >= 4 is 5.91 Å². The summed E-state index contributed by atoms with van der Waals surface area (Å²) in [5, 5.41) is 12.1. The van der Waals surface area contributed by atoms with Gasteiger partial charge in [0.2, 0.25) is 11.7 Å². The third kappa shape index (κ3) is 3.38. The van der Waals surface area contributed by atoms with Gasteiger partial charge in [0, 0.05) is 17.6 Å². The van der Waals surface area contributed by atoms with E-state index in [1.54, 1.807) is 12.1 Å². The van der Waals surface area contributed by atoms with Gasteiger partial charge in [-0.3, -0.25) is 4.79 Å². The first-order valence-electron chi connectivity index (χ1n) is 7.89. The Kier molecular flexibility index (Phi) is 4.36. The summed E-state index contributed by atoms with van der Waals surface area (Å²) in [7, 11) is 0. The Bertz CT molecular complexity index is 674. The van der Waals surface area contributed by atoms with Gasteiger partial charge in [0.05, 0.1) is 0 Å². The number of tetrazole rings is 1. The first kappa shape index (κ1) is 15.6. The van der Waals surface area contributed by atoms with Crippen molar-refractivity contribution in [3.63, 3.8) is 0 Å². The van der Waals surface area contributed by atoms with E-state index in [0.29, 0.717) is 11.4 Å². The molecule has 0 bridgehead atoms. The molecule has 0 radical (unpaired) electrons. The van der Waals surface area contributed by atoms with E-state index < -0.39 is 0 Å². The predicted molar refractivity (Wildman–Crippen MR) is 82.8 cm³/mol. The number of piperidine rings is 1. The minimum atomic E-state index is -0.315. The van der Waals surface area contributed by atoms with Gasteiger partial charge in [-0.1, -0.05) is 0 Å². The van der Waals surface area contributed by atoms with Gasteiger partial charge in [-0.25, -0.2) is 4.39 Å². The average molecular weight is 317 g/mol. The summed E-state index contributed by atoms with van der Waals surface area (Å²) in [5.74, 6) is 0.0784. The molecule has 23 heavy (non-hydrogen) atoms. The quantitative estimate of drug-likeness (QED) is 0.871. The molecule has 1 fully saturated rings. The summed E-state index contributed by atoms with van der Waals surface area (Å²) >= 11 is 0. The van der Waals surface area contributed by atoms with Crippen molar-refractivity contribution < 1.29 is 9.18 Å². The number of nitrogens with zero attached hydrogens (tertiary/aromatic N) is 5. The summed E-state index contributed by atoms with van der Waals surface area (Å²) in [4.78, 5) is 15.7. The Labute approximate surface area is 134 Å². The van der Waals surface area contributed by atoms with Crippen LogP contribution >= 0.6 is 0 Å². The number of amides is 1. The summed E-state index contributed by atoms with van der Waals surface area (Å²) in [6.45, 7) is 4.22. The highest BCUT2D eigenvalue weighted by Gasteiger charge is 2.29. The average Bonchev–Trinajstić information content (AvgIpc) is 2.96. The number of carbonyl (C=O) groups excluding carboxylic acids is 1. The van der Waals surface area contributed by atoms with E-state index in [-0.39, 0.29) is 30.4 Å². The van der Waals surface area contributed by atoms with E-state index in [4.69, 9.17) is 0 Å². The zero-order chi connectivity index (χ0) is 16.4. The molecule has 0 saturated carbocycles. The second-order valence-electron chi connectivity index (χ2n) is 6.08. The lowest BCUT2D eigenvalue weighted by Gasteiger charge is -2.38. The van der Waals surface area contributed by atoms with E-state index in [0.717, 1.165) is 19.3 Å². The first-order chi connectivity index (χ1) is 11.0. The van der Waals surface area contributed by atoms with Crippen molar-refractivity contribution in [1.82, 2.24) is 25.1 Å². The fourth-order valence-electron chi connectivity index (χ4n) is 3.14. The van der Waals surface area contributed by atoms with Gasteiger partial charge in [-0.15, -0.1) is 10.2 Å². The monoisotopic (exact) mass is 317 g/mol. The van der Waals surface area contributed by atoms with Gasteiger partial charge in [-0.2, -0.15) is 4.80 Å². The lowest BCUT2D eigenvalue weighted by molar-refractivity contribution is -0.138. The lowest BCUT2D eigenvalue weighted by Crippen LogP contribution is -2.48. The van der Waals surface area contributed by atoms with Crippen LogP contribution in [0.4, 0.5) is 4.39 Å². The van der Waals surface area contributed by atoms with Crippen LogP contribution in [0, 0.1) is 5.82 Å². The van der Waals surface area contributed by atoms with Crippen molar-refractivity contribution in [2.24, 2.45) is 0 Å². The molecule has 1 aromatic carbocycles. The Morgan fingerprint density at radius 3 is 2.52 bits per heavy atom. The molecule has 0 aliphatic carbocycles. The first-order valence-corrected chi connectivity index (χ1v) is 7.89. The number of carbonyl (C=O) groups is 1. The SMILES string of the molecule is C[C@@H]1CCC[C@H](C)N1C(=O)Cn1nnc(-c2ccc(F)cc2)n1. The third-order valence-electron chi connectivity index (χ3n) is 4.31. The minimum absolute atomic E-state index is 0.00718. The fourth-order valence-corrected chi connectivity index (χ4v) is 3.14. The summed E-state index contributed by atoms with van der Waals surface area (Å²) in [6.07, 6.45) is 3.21. The highest BCUT2D eigenvalue weighted by Crippen LogP contribution is 2.22. The zero-order valence-electron chi connectivity index (χ0n) is 13.3. The van der Waals surface area contributed by atoms with E-state index in [1.165, 1.54) is 16.9 Å². The van der Waals surface area contributed by atoms with Gasteiger partial charge >= 0.3 is 0 Å². The van der Waals surface area contributed by atoms with E-state index in [9.17, 15) is 9.18 Å². The maximum atomic E-state index is 12.9. The number of likely N-dealkylation sites (tertiary alicyclic amines) is 1. The molecule has 2 atom stereocenters. The third-order valence-corrected chi connectivity index (χ3v) is 4.31. The highest BCUT2D eigenvalue weighted by atomic mass is 19.1. The van der Waals surface area contributed by atoms with Crippen LogP contribution in [0.5, 0.6) is 0 Å². The molecule has 6 nitrogen and oxygen atoms in total. The predicted octanol–water partition coefficient (Wildman–Crippen LogP) is 2.27. The van der Waals surface area contributed by atoms with Crippen LogP contribution in [0.3, 0.4) is 0 Å². The molecule has 1 aliphatic heterocycles. The Morgan fingerprint density at radius 1 is 1.22 bits per heavy atom. The molecule has 1 saturated heterocycles. The molecule has 1 amide bonds. The van der Waals surface area contributed by atoms with Gasteiger partial charge in [0.15, 0.2) is 0 Å². The fraction of sp³-hybridized carbons (Fsp3) is 0.500. The number of rotatable bonds is 3. The summed E-state index contributed by atoms with van der Waals surface area (Å²) in [6, 6.07) is 6.36. The molecule has 1 aromatic heterocycles. The molecule has 0 N–H and O–H groups in total. The molecule has 0 spiro atoms. The summed E-state index contributed by atoms with van der Waals surface area (Å²) in [5.41, 5.74) is 0.671. The number of aromatic nitrogens is 4. The number of benzene rings is 1. The highest BCUT2D eigenvalue weighted by molar-refractivity contribution is 5.76. The number of halogens is 1.